The summed E-state index contributed by atoms with van der Waals surface area (Å²) in [4.78, 5) is 14.8. The minimum absolute atomic E-state index is 0. The van der Waals surface area contributed by atoms with E-state index in [1.807, 2.05) is 23.1 Å². The maximum Gasteiger partial charge on any atom is 0.254 e. The van der Waals surface area contributed by atoms with Crippen LogP contribution in [0.1, 0.15) is 35.2 Å². The van der Waals surface area contributed by atoms with E-state index in [1.54, 1.807) is 24.3 Å². The second kappa shape index (κ2) is 9.35. The van der Waals surface area contributed by atoms with Crippen molar-refractivity contribution in [3.8, 4) is 0 Å². The maximum absolute atomic E-state index is 12.7. The molecule has 0 aromatic heterocycles. The number of amides is 1. The van der Waals surface area contributed by atoms with E-state index in [0.717, 1.165) is 24.8 Å². The Morgan fingerprint density at radius 1 is 1.04 bits per heavy atom. The summed E-state index contributed by atoms with van der Waals surface area (Å²) in [7, 11) is -3.44. The van der Waals surface area contributed by atoms with Crippen molar-refractivity contribution in [3.05, 3.63) is 65.7 Å². The zero-order chi connectivity index (χ0) is 18.6. The van der Waals surface area contributed by atoms with Crippen LogP contribution in [-0.4, -0.2) is 38.4 Å². The number of rotatable bonds is 5. The molecule has 27 heavy (non-hydrogen) atoms. The molecule has 0 aliphatic carbocycles. The van der Waals surface area contributed by atoms with Crippen molar-refractivity contribution < 1.29 is 13.2 Å². The van der Waals surface area contributed by atoms with Gasteiger partial charge in [-0.2, -0.15) is 0 Å². The second-order valence-corrected chi connectivity index (χ2v) is 8.64. The van der Waals surface area contributed by atoms with Crippen molar-refractivity contribution in [1.29, 1.82) is 0 Å². The van der Waals surface area contributed by atoms with Crippen molar-refractivity contribution in [3.63, 3.8) is 0 Å². The Bertz CT molecular complexity index is 855. The Hall–Kier alpha value is -1.89. The topological polar surface area (TPSA) is 80.5 Å². The van der Waals surface area contributed by atoms with Gasteiger partial charge < -0.3 is 10.6 Å². The molecule has 1 fully saturated rings. The molecule has 1 heterocycles. The van der Waals surface area contributed by atoms with Crippen LogP contribution >= 0.6 is 12.4 Å². The first kappa shape index (κ1) is 21.4. The van der Waals surface area contributed by atoms with E-state index in [1.165, 1.54) is 12.1 Å². The average Bonchev–Trinajstić information content (AvgIpc) is 2.68. The Morgan fingerprint density at radius 2 is 1.70 bits per heavy atom. The lowest BCUT2D eigenvalue weighted by Gasteiger charge is -2.35. The highest BCUT2D eigenvalue weighted by atomic mass is 35.5. The molecule has 0 saturated carbocycles. The predicted molar refractivity (Wildman–Crippen MR) is 109 cm³/mol. The zero-order valence-corrected chi connectivity index (χ0v) is 16.7. The van der Waals surface area contributed by atoms with Gasteiger partial charge in [-0.1, -0.05) is 30.3 Å². The van der Waals surface area contributed by atoms with Crippen molar-refractivity contribution in [2.45, 2.75) is 36.0 Å². The van der Waals surface area contributed by atoms with E-state index in [0.29, 0.717) is 18.7 Å². The van der Waals surface area contributed by atoms with Crippen molar-refractivity contribution in [1.82, 2.24) is 4.90 Å². The van der Waals surface area contributed by atoms with Gasteiger partial charge in [-0.3, -0.25) is 4.79 Å². The number of carbonyl (C=O) groups is 1. The van der Waals surface area contributed by atoms with Crippen LogP contribution in [0.15, 0.2) is 59.5 Å². The molecule has 1 atom stereocenters. The molecule has 5 nitrogen and oxygen atoms in total. The summed E-state index contributed by atoms with van der Waals surface area (Å²) < 4.78 is 25.1. The Balaban J connectivity index is 0.00000261. The number of hydrogen-bond acceptors (Lipinski definition) is 4. The summed E-state index contributed by atoms with van der Waals surface area (Å²) in [5.74, 6) is -0.130. The van der Waals surface area contributed by atoms with Gasteiger partial charge >= 0.3 is 0 Å². The van der Waals surface area contributed by atoms with Gasteiger partial charge in [-0.25, -0.2) is 8.42 Å². The van der Waals surface area contributed by atoms with Gasteiger partial charge in [0.2, 0.25) is 0 Å². The third kappa shape index (κ3) is 5.09. The number of hydrogen-bond donors (Lipinski definition) is 1. The summed E-state index contributed by atoms with van der Waals surface area (Å²) in [5.41, 5.74) is 7.04. The number of sulfone groups is 1. The van der Waals surface area contributed by atoms with E-state index in [9.17, 15) is 13.2 Å². The molecule has 3 rings (SSSR count). The molecule has 1 aliphatic rings. The van der Waals surface area contributed by atoms with E-state index in [2.05, 4.69) is 0 Å². The number of nitrogens with zero attached hydrogens (tertiary/aromatic N) is 1. The van der Waals surface area contributed by atoms with Crippen LogP contribution in [0.3, 0.4) is 0 Å². The highest BCUT2D eigenvalue weighted by molar-refractivity contribution is 7.90. The van der Waals surface area contributed by atoms with E-state index in [4.69, 9.17) is 5.73 Å². The Kier molecular flexibility index (Phi) is 7.41. The molecule has 1 aliphatic heterocycles. The van der Waals surface area contributed by atoms with E-state index < -0.39 is 9.84 Å². The fraction of sp³-hybridized carbons (Fsp3) is 0.350. The molecule has 0 radical (unpaired) electrons. The fourth-order valence-electron chi connectivity index (χ4n) is 3.36. The Morgan fingerprint density at radius 3 is 2.33 bits per heavy atom. The van der Waals surface area contributed by atoms with Gasteiger partial charge in [0.1, 0.15) is 0 Å². The van der Waals surface area contributed by atoms with Crippen LogP contribution < -0.4 is 5.73 Å². The van der Waals surface area contributed by atoms with Crippen LogP contribution in [0.2, 0.25) is 0 Å². The van der Waals surface area contributed by atoms with Gasteiger partial charge in [-0.05, 0) is 49.1 Å². The standard InChI is InChI=1S/C20H24N2O3S.ClH/c21-14-18-8-4-5-13-22(18)20(23)17-9-11-19(12-10-17)26(24,25)15-16-6-2-1-3-7-16;/h1-3,6-7,9-12,18H,4-5,8,13-15,21H2;1H. The van der Waals surface area contributed by atoms with Gasteiger partial charge in [-0.15, -0.1) is 12.4 Å². The third-order valence-electron chi connectivity index (χ3n) is 4.82. The summed E-state index contributed by atoms with van der Waals surface area (Å²) in [6.07, 6.45) is 2.99. The normalized spacial score (nSPS) is 17.2. The molecule has 2 aromatic rings. The number of likely N-dealkylation sites (tertiary alicyclic amines) is 1. The Labute approximate surface area is 166 Å². The molecule has 2 N–H and O–H groups in total. The smallest absolute Gasteiger partial charge is 0.254 e. The van der Waals surface area contributed by atoms with Crippen molar-refractivity contribution in [2.75, 3.05) is 13.1 Å². The molecule has 7 heteroatoms. The average molecular weight is 409 g/mol. The number of carbonyl (C=O) groups excluding carboxylic acids is 1. The van der Waals surface area contributed by atoms with Crippen molar-refractivity contribution >= 4 is 28.2 Å². The largest absolute Gasteiger partial charge is 0.334 e. The first-order valence-electron chi connectivity index (χ1n) is 8.89. The number of benzene rings is 2. The molecule has 0 bridgehead atoms. The van der Waals surface area contributed by atoms with Gasteiger partial charge in [0.15, 0.2) is 9.84 Å². The predicted octanol–water partition coefficient (Wildman–Crippen LogP) is 3.04. The molecule has 1 amide bonds. The lowest BCUT2D eigenvalue weighted by Crippen LogP contribution is -2.47. The summed E-state index contributed by atoms with van der Waals surface area (Å²) in [5, 5.41) is 0. The summed E-state index contributed by atoms with van der Waals surface area (Å²) in [6, 6.07) is 15.4. The first-order chi connectivity index (χ1) is 12.5. The second-order valence-electron chi connectivity index (χ2n) is 6.65. The third-order valence-corrected chi connectivity index (χ3v) is 6.52. The number of nitrogens with two attached hydrogens (primary N) is 1. The molecule has 1 unspecified atom stereocenters. The monoisotopic (exact) mass is 408 g/mol. The lowest BCUT2D eigenvalue weighted by molar-refractivity contribution is 0.0623. The molecular formula is C20H25ClN2O3S. The van der Waals surface area contributed by atoms with Crippen LogP contribution in [0.25, 0.3) is 0 Å². The zero-order valence-electron chi connectivity index (χ0n) is 15.1. The van der Waals surface area contributed by atoms with E-state index >= 15 is 0 Å². The highest BCUT2D eigenvalue weighted by Crippen LogP contribution is 2.21. The SMILES string of the molecule is Cl.NCC1CCCCN1C(=O)c1ccc(S(=O)(=O)Cc2ccccc2)cc1. The molecule has 1 saturated heterocycles. The fourth-order valence-corrected chi connectivity index (χ4v) is 4.71. The number of halogens is 1. The highest BCUT2D eigenvalue weighted by Gasteiger charge is 2.26. The van der Waals surface area contributed by atoms with Crippen LogP contribution in [-0.2, 0) is 15.6 Å². The molecule has 2 aromatic carbocycles. The van der Waals surface area contributed by atoms with E-state index in [-0.39, 0.29) is 35.0 Å². The van der Waals surface area contributed by atoms with Crippen LogP contribution in [0.5, 0.6) is 0 Å². The van der Waals surface area contributed by atoms with Gasteiger partial charge in [0.05, 0.1) is 10.6 Å². The van der Waals surface area contributed by atoms with Crippen LogP contribution in [0.4, 0.5) is 0 Å². The lowest BCUT2D eigenvalue weighted by atomic mass is 10.0. The van der Waals surface area contributed by atoms with Gasteiger partial charge in [0.25, 0.3) is 5.91 Å². The van der Waals surface area contributed by atoms with Crippen LogP contribution in [0, 0.1) is 0 Å². The first-order valence-corrected chi connectivity index (χ1v) is 10.5. The summed E-state index contributed by atoms with van der Waals surface area (Å²) in [6.45, 7) is 1.16. The minimum Gasteiger partial charge on any atom is -0.334 e. The van der Waals surface area contributed by atoms with Crippen molar-refractivity contribution in [2.24, 2.45) is 5.73 Å². The summed E-state index contributed by atoms with van der Waals surface area (Å²) >= 11 is 0. The number of piperidine rings is 1. The molecular weight excluding hydrogens is 384 g/mol. The van der Waals surface area contributed by atoms with Gasteiger partial charge in [0, 0.05) is 24.7 Å². The minimum atomic E-state index is -3.44. The molecule has 0 spiro atoms. The maximum atomic E-state index is 12.7. The molecule has 146 valence electrons. The quantitative estimate of drug-likeness (QED) is 0.824.